The second-order valence-corrected chi connectivity index (χ2v) is 2.22. The van der Waals surface area contributed by atoms with Crippen LogP contribution in [0.3, 0.4) is 0 Å². The normalized spacial score (nSPS) is 9.80. The number of aromatic nitrogens is 2. The van der Waals surface area contributed by atoms with Gasteiger partial charge in [0.15, 0.2) is 6.29 Å². The highest BCUT2D eigenvalue weighted by Crippen LogP contribution is 2.06. The Labute approximate surface area is 63.7 Å². The van der Waals surface area contributed by atoms with Crippen molar-refractivity contribution in [1.29, 1.82) is 0 Å². The average Bonchev–Trinajstić information content (AvgIpc) is 2.30. The lowest BCUT2D eigenvalue weighted by molar-refractivity contribution is 0.111. The van der Waals surface area contributed by atoms with Crippen LogP contribution in [-0.2, 0) is 6.42 Å². The molecule has 0 fully saturated rings. The van der Waals surface area contributed by atoms with E-state index in [1.165, 1.54) is 10.4 Å². The predicted molar refractivity (Wildman–Crippen MR) is 38.2 cm³/mol. The van der Waals surface area contributed by atoms with E-state index in [-0.39, 0.29) is 0 Å². The van der Waals surface area contributed by atoms with E-state index in [0.29, 0.717) is 12.0 Å². The fraction of sp³-hybridized carbons (Fsp3) is 0.333. The van der Waals surface area contributed by atoms with Crippen LogP contribution in [0.15, 0.2) is 6.33 Å². The Morgan fingerprint density at radius 1 is 1.90 bits per heavy atom. The van der Waals surface area contributed by atoms with Gasteiger partial charge in [0.25, 0.3) is 0 Å². The maximum absolute atomic E-state index is 10.3. The van der Waals surface area contributed by atoms with Gasteiger partial charge in [-0.2, -0.15) is 0 Å². The van der Waals surface area contributed by atoms with Crippen LogP contribution in [0.25, 0.3) is 0 Å². The molecule has 0 atom stereocenters. The van der Waals surface area contributed by atoms with Gasteiger partial charge in [0, 0.05) is 11.8 Å². The quantitative estimate of drug-likeness (QED) is 0.608. The number of imidazole rings is 1. The first kappa shape index (κ1) is 7.28. The number of aldehydes is 1. The van der Waals surface area contributed by atoms with Crippen LogP contribution in [0, 0.1) is 0 Å². The van der Waals surface area contributed by atoms with Crippen molar-refractivity contribution in [2.45, 2.75) is 13.3 Å². The number of hydrogen-bond donors (Lipinski definition) is 0. The summed E-state index contributed by atoms with van der Waals surface area (Å²) in [6.45, 7) is 1.92. The number of carbonyl (C=O) groups excluding carboxylic acids is 1. The molecule has 1 heterocycles. The number of hydrogen-bond acceptors (Lipinski definition) is 2. The van der Waals surface area contributed by atoms with E-state index in [4.69, 9.17) is 11.8 Å². The van der Waals surface area contributed by atoms with Gasteiger partial charge in [-0.3, -0.25) is 4.79 Å². The molecule has 0 amide bonds. The Morgan fingerprint density at radius 3 is 3.00 bits per heavy atom. The van der Waals surface area contributed by atoms with Crippen molar-refractivity contribution in [1.82, 2.24) is 9.07 Å². The molecule has 1 aromatic heterocycles. The molecule has 0 aromatic carbocycles. The minimum absolute atomic E-state index is 0.448. The molecule has 0 saturated carbocycles. The molecule has 1 rings (SSSR count). The summed E-state index contributed by atoms with van der Waals surface area (Å²) in [5, 5.41) is 0. The van der Waals surface area contributed by atoms with Crippen LogP contribution < -0.4 is 0 Å². The molecule has 4 heteroatoms. The van der Waals surface area contributed by atoms with Crippen LogP contribution >= 0.6 is 11.8 Å². The fourth-order valence-corrected chi connectivity index (χ4v) is 0.944. The van der Waals surface area contributed by atoms with Gasteiger partial charge in [0.1, 0.15) is 12.0 Å². The van der Waals surface area contributed by atoms with Gasteiger partial charge >= 0.3 is 0 Å². The van der Waals surface area contributed by atoms with Gasteiger partial charge in [-0.25, -0.2) is 9.07 Å². The van der Waals surface area contributed by atoms with Crippen molar-refractivity contribution in [3.8, 4) is 0 Å². The van der Waals surface area contributed by atoms with E-state index < -0.39 is 0 Å². The van der Waals surface area contributed by atoms with E-state index in [9.17, 15) is 4.79 Å². The van der Waals surface area contributed by atoms with E-state index in [2.05, 4.69) is 4.98 Å². The van der Waals surface area contributed by atoms with E-state index in [0.717, 1.165) is 12.1 Å². The maximum atomic E-state index is 10.3. The highest BCUT2D eigenvalue weighted by Gasteiger charge is 2.05. The molecule has 0 bridgehead atoms. The molecule has 0 aliphatic rings. The highest BCUT2D eigenvalue weighted by molar-refractivity contribution is 6.17. The average molecular weight is 159 g/mol. The Hall–Kier alpha value is -0.830. The van der Waals surface area contributed by atoms with E-state index in [1.807, 2.05) is 6.92 Å². The first-order valence-electron chi connectivity index (χ1n) is 2.97. The summed E-state index contributed by atoms with van der Waals surface area (Å²) in [6, 6.07) is 0. The molecule has 3 nitrogen and oxygen atoms in total. The van der Waals surface area contributed by atoms with Gasteiger partial charge in [-0.15, -0.1) is 0 Å². The van der Waals surface area contributed by atoms with Crippen LogP contribution in [0.2, 0.25) is 0 Å². The SMILES string of the molecule is CCc1ncn(Cl)c1C=O. The predicted octanol–water partition coefficient (Wildman–Crippen LogP) is 1.26. The van der Waals surface area contributed by atoms with Gasteiger partial charge in [0.2, 0.25) is 0 Å². The maximum Gasteiger partial charge on any atom is 0.169 e. The van der Waals surface area contributed by atoms with Crippen molar-refractivity contribution < 1.29 is 4.79 Å². The van der Waals surface area contributed by atoms with Gasteiger partial charge in [-0.1, -0.05) is 6.92 Å². The Kier molecular flexibility index (Phi) is 2.06. The van der Waals surface area contributed by atoms with Crippen molar-refractivity contribution in [2.24, 2.45) is 0 Å². The summed E-state index contributed by atoms with van der Waals surface area (Å²) in [5.74, 6) is 0. The van der Waals surface area contributed by atoms with E-state index >= 15 is 0 Å². The molecule has 0 spiro atoms. The zero-order valence-corrected chi connectivity index (χ0v) is 6.30. The topological polar surface area (TPSA) is 34.9 Å². The number of aryl methyl sites for hydroxylation is 1. The first-order chi connectivity index (χ1) is 4.79. The minimum atomic E-state index is 0.448. The van der Waals surface area contributed by atoms with Gasteiger partial charge in [0.05, 0.1) is 5.69 Å². The molecule has 10 heavy (non-hydrogen) atoms. The summed E-state index contributed by atoms with van der Waals surface area (Å²) in [7, 11) is 0. The second kappa shape index (κ2) is 2.84. The fourth-order valence-electron chi connectivity index (χ4n) is 0.763. The lowest BCUT2D eigenvalue weighted by atomic mass is 10.3. The molecule has 0 N–H and O–H groups in total. The smallest absolute Gasteiger partial charge is 0.169 e. The zero-order valence-electron chi connectivity index (χ0n) is 5.54. The molecular weight excluding hydrogens is 152 g/mol. The summed E-state index contributed by atoms with van der Waals surface area (Å²) in [5.41, 5.74) is 1.19. The summed E-state index contributed by atoms with van der Waals surface area (Å²) in [6.07, 6.45) is 2.86. The molecule has 0 unspecified atom stereocenters. The Morgan fingerprint density at radius 2 is 2.60 bits per heavy atom. The largest absolute Gasteiger partial charge is 0.296 e. The third kappa shape index (κ3) is 1.04. The summed E-state index contributed by atoms with van der Waals surface area (Å²) < 4.78 is 1.20. The van der Waals surface area contributed by atoms with Crippen LogP contribution in [-0.4, -0.2) is 15.4 Å². The number of carbonyl (C=O) groups is 1. The monoisotopic (exact) mass is 158 g/mol. The molecule has 0 aliphatic carbocycles. The Bertz CT molecular complexity index is 244. The molecule has 0 saturated heterocycles. The number of rotatable bonds is 2. The Balaban J connectivity index is 3.12. The summed E-state index contributed by atoms with van der Waals surface area (Å²) >= 11 is 5.55. The third-order valence-electron chi connectivity index (χ3n) is 1.29. The van der Waals surface area contributed by atoms with Crippen LogP contribution in [0.5, 0.6) is 0 Å². The van der Waals surface area contributed by atoms with Crippen molar-refractivity contribution >= 4 is 18.1 Å². The highest BCUT2D eigenvalue weighted by atomic mass is 35.5. The van der Waals surface area contributed by atoms with Gasteiger partial charge < -0.3 is 0 Å². The summed E-state index contributed by atoms with van der Waals surface area (Å²) in [4.78, 5) is 14.2. The zero-order chi connectivity index (χ0) is 7.56. The molecule has 1 aromatic rings. The minimum Gasteiger partial charge on any atom is -0.296 e. The standard InChI is InChI=1S/C6H7ClN2O/c1-2-5-6(3-10)9(7)4-8-5/h3-4H,2H2,1H3. The third-order valence-corrected chi connectivity index (χ3v) is 1.56. The van der Waals surface area contributed by atoms with Gasteiger partial charge in [-0.05, 0) is 6.42 Å². The lowest BCUT2D eigenvalue weighted by Crippen LogP contribution is -1.91. The number of halogens is 1. The van der Waals surface area contributed by atoms with E-state index in [1.54, 1.807) is 0 Å². The molecule has 0 radical (unpaired) electrons. The molecular formula is C6H7ClN2O. The van der Waals surface area contributed by atoms with Crippen molar-refractivity contribution in [3.63, 3.8) is 0 Å². The second-order valence-electron chi connectivity index (χ2n) is 1.86. The van der Waals surface area contributed by atoms with Crippen LogP contribution in [0.4, 0.5) is 0 Å². The molecule has 0 aliphatic heterocycles. The molecule has 54 valence electrons. The first-order valence-corrected chi connectivity index (χ1v) is 3.31. The number of nitrogens with zero attached hydrogens (tertiary/aromatic N) is 2. The van der Waals surface area contributed by atoms with Crippen molar-refractivity contribution in [3.05, 3.63) is 17.7 Å². The van der Waals surface area contributed by atoms with Crippen molar-refractivity contribution in [2.75, 3.05) is 0 Å². The van der Waals surface area contributed by atoms with Crippen LogP contribution in [0.1, 0.15) is 23.1 Å². The lowest BCUT2D eigenvalue weighted by Gasteiger charge is -1.89.